The molecule has 0 unspecified atom stereocenters. The number of likely N-dealkylation sites (tertiary alicyclic amines) is 2. The number of fused-ring (bicyclic) bond motifs is 1. The molecule has 9 nitrogen and oxygen atoms in total. The van der Waals surface area contributed by atoms with Crippen LogP contribution in [0.1, 0.15) is 56.6 Å². The van der Waals surface area contributed by atoms with E-state index in [0.29, 0.717) is 32.1 Å². The van der Waals surface area contributed by atoms with Gasteiger partial charge in [0, 0.05) is 56.9 Å². The van der Waals surface area contributed by atoms with Gasteiger partial charge in [-0.2, -0.15) is 5.10 Å². The van der Waals surface area contributed by atoms with Crippen molar-refractivity contribution in [2.45, 2.75) is 56.9 Å². The van der Waals surface area contributed by atoms with Gasteiger partial charge in [0.25, 0.3) is 0 Å². The number of hydrogen-bond acceptors (Lipinski definition) is 6. The van der Waals surface area contributed by atoms with Crippen molar-refractivity contribution in [3.8, 4) is 0 Å². The van der Waals surface area contributed by atoms with Crippen molar-refractivity contribution in [3.05, 3.63) is 17.8 Å². The maximum atomic E-state index is 12.8. The molecular formula is C23H32N6O3. The van der Waals surface area contributed by atoms with Crippen LogP contribution in [-0.2, 0) is 14.3 Å². The van der Waals surface area contributed by atoms with Crippen molar-refractivity contribution in [2.75, 3.05) is 44.7 Å². The van der Waals surface area contributed by atoms with Crippen LogP contribution in [0.4, 0.5) is 5.82 Å². The molecule has 172 valence electrons. The number of aromatic amines is 1. The number of nitrogens with one attached hydrogen (secondary N) is 2. The third-order valence-corrected chi connectivity index (χ3v) is 6.96. The van der Waals surface area contributed by atoms with Gasteiger partial charge in [-0.25, -0.2) is 4.98 Å². The first kappa shape index (κ1) is 21.2. The number of nitrogens with zero attached hydrogens (tertiary/aromatic N) is 4. The van der Waals surface area contributed by atoms with Gasteiger partial charge in [0.1, 0.15) is 0 Å². The summed E-state index contributed by atoms with van der Waals surface area (Å²) in [6.45, 7) is 3.84. The fourth-order valence-corrected chi connectivity index (χ4v) is 4.99. The SMILES string of the molecule is O=C1CCCCCN1CC(=O)N1CC[C@H](c2ccc3c(NC4CCOCC4)n[nH]c3n2)C1. The smallest absolute Gasteiger partial charge is 0.242 e. The highest BCUT2D eigenvalue weighted by Crippen LogP contribution is 2.29. The lowest BCUT2D eigenvalue weighted by Gasteiger charge is -2.24. The number of carbonyl (C=O) groups is 2. The Morgan fingerprint density at radius 3 is 2.91 bits per heavy atom. The minimum Gasteiger partial charge on any atom is -0.381 e. The molecule has 3 fully saturated rings. The quantitative estimate of drug-likeness (QED) is 0.739. The zero-order chi connectivity index (χ0) is 21.9. The van der Waals surface area contributed by atoms with Crippen LogP contribution in [0.2, 0.25) is 0 Å². The summed E-state index contributed by atoms with van der Waals surface area (Å²) in [7, 11) is 0. The van der Waals surface area contributed by atoms with Gasteiger partial charge in [-0.15, -0.1) is 0 Å². The zero-order valence-corrected chi connectivity index (χ0v) is 18.5. The number of carbonyl (C=O) groups excluding carboxylic acids is 2. The van der Waals surface area contributed by atoms with Crippen molar-refractivity contribution >= 4 is 28.7 Å². The largest absolute Gasteiger partial charge is 0.381 e. The lowest BCUT2D eigenvalue weighted by molar-refractivity contribution is -0.139. The summed E-state index contributed by atoms with van der Waals surface area (Å²) in [6, 6.07) is 4.51. The van der Waals surface area contributed by atoms with E-state index in [1.807, 2.05) is 4.90 Å². The molecule has 2 aromatic heterocycles. The van der Waals surface area contributed by atoms with E-state index < -0.39 is 0 Å². The molecule has 9 heteroatoms. The molecule has 5 rings (SSSR count). The third kappa shape index (κ3) is 4.57. The van der Waals surface area contributed by atoms with Gasteiger partial charge >= 0.3 is 0 Å². The Morgan fingerprint density at radius 1 is 1.16 bits per heavy atom. The fraction of sp³-hybridized carbons (Fsp3) is 0.652. The molecule has 2 N–H and O–H groups in total. The van der Waals surface area contributed by atoms with E-state index in [1.54, 1.807) is 4.90 Å². The molecule has 2 aromatic rings. The Hall–Kier alpha value is -2.68. The number of anilines is 1. The second kappa shape index (κ2) is 9.44. The summed E-state index contributed by atoms with van der Waals surface area (Å²) < 4.78 is 5.43. The molecule has 0 saturated carbocycles. The average molecular weight is 441 g/mol. The van der Waals surface area contributed by atoms with Gasteiger partial charge in [0.2, 0.25) is 11.8 Å². The lowest BCUT2D eigenvalue weighted by Crippen LogP contribution is -2.41. The topological polar surface area (TPSA) is 103 Å². The van der Waals surface area contributed by atoms with Crippen LogP contribution >= 0.6 is 0 Å². The van der Waals surface area contributed by atoms with Gasteiger partial charge < -0.3 is 19.9 Å². The number of rotatable bonds is 5. The number of H-pyrrole nitrogens is 1. The predicted molar refractivity (Wildman–Crippen MR) is 120 cm³/mol. The minimum atomic E-state index is 0.0494. The molecule has 0 aliphatic carbocycles. The summed E-state index contributed by atoms with van der Waals surface area (Å²) in [4.78, 5) is 33.5. The van der Waals surface area contributed by atoms with Crippen LogP contribution in [0.25, 0.3) is 11.0 Å². The highest BCUT2D eigenvalue weighted by atomic mass is 16.5. The number of hydrogen-bond donors (Lipinski definition) is 2. The van der Waals surface area contributed by atoms with E-state index in [0.717, 1.165) is 74.3 Å². The van der Waals surface area contributed by atoms with Crippen molar-refractivity contribution in [1.29, 1.82) is 0 Å². The van der Waals surface area contributed by atoms with Crippen molar-refractivity contribution < 1.29 is 14.3 Å². The van der Waals surface area contributed by atoms with E-state index >= 15 is 0 Å². The Morgan fingerprint density at radius 2 is 2.03 bits per heavy atom. The molecule has 2 amide bonds. The number of ether oxygens (including phenoxy) is 1. The molecule has 0 spiro atoms. The lowest BCUT2D eigenvalue weighted by atomic mass is 10.0. The average Bonchev–Trinajstić information content (AvgIpc) is 3.41. The molecule has 3 aliphatic rings. The maximum absolute atomic E-state index is 12.8. The predicted octanol–water partition coefficient (Wildman–Crippen LogP) is 2.27. The molecular weight excluding hydrogens is 408 g/mol. The molecule has 1 atom stereocenters. The summed E-state index contributed by atoms with van der Waals surface area (Å²) in [5.74, 6) is 1.21. The van der Waals surface area contributed by atoms with Crippen LogP contribution in [0.5, 0.6) is 0 Å². The molecule has 3 saturated heterocycles. The van der Waals surface area contributed by atoms with Crippen LogP contribution in [-0.4, -0.2) is 82.2 Å². The summed E-state index contributed by atoms with van der Waals surface area (Å²) >= 11 is 0. The molecule has 3 aliphatic heterocycles. The summed E-state index contributed by atoms with van der Waals surface area (Å²) in [5.41, 5.74) is 1.76. The first-order valence-corrected chi connectivity index (χ1v) is 11.9. The van der Waals surface area contributed by atoms with E-state index in [1.165, 1.54) is 0 Å². The maximum Gasteiger partial charge on any atom is 0.242 e. The van der Waals surface area contributed by atoms with E-state index in [2.05, 4.69) is 27.6 Å². The van der Waals surface area contributed by atoms with Crippen LogP contribution in [0.3, 0.4) is 0 Å². The molecule has 0 radical (unpaired) electrons. The Kier molecular flexibility index (Phi) is 6.25. The molecule has 0 aromatic carbocycles. The van der Waals surface area contributed by atoms with Gasteiger partial charge in [-0.3, -0.25) is 14.7 Å². The fourth-order valence-electron chi connectivity index (χ4n) is 4.99. The molecule has 32 heavy (non-hydrogen) atoms. The third-order valence-electron chi connectivity index (χ3n) is 6.96. The second-order valence-electron chi connectivity index (χ2n) is 9.19. The van der Waals surface area contributed by atoms with E-state index in [4.69, 9.17) is 9.72 Å². The van der Waals surface area contributed by atoms with Gasteiger partial charge in [0.05, 0.1) is 11.9 Å². The van der Waals surface area contributed by atoms with Gasteiger partial charge in [0.15, 0.2) is 11.5 Å². The number of aromatic nitrogens is 3. The Balaban J connectivity index is 1.21. The molecule has 5 heterocycles. The van der Waals surface area contributed by atoms with Gasteiger partial charge in [-0.05, 0) is 44.2 Å². The zero-order valence-electron chi connectivity index (χ0n) is 18.5. The van der Waals surface area contributed by atoms with Crippen LogP contribution < -0.4 is 5.32 Å². The van der Waals surface area contributed by atoms with Crippen molar-refractivity contribution in [1.82, 2.24) is 25.0 Å². The first-order valence-electron chi connectivity index (χ1n) is 11.9. The highest BCUT2D eigenvalue weighted by Gasteiger charge is 2.30. The summed E-state index contributed by atoms with van der Waals surface area (Å²) in [6.07, 6.45) is 6.40. The Labute approximate surface area is 187 Å². The monoisotopic (exact) mass is 440 g/mol. The number of amides is 2. The minimum absolute atomic E-state index is 0.0494. The van der Waals surface area contributed by atoms with Gasteiger partial charge in [-0.1, -0.05) is 6.42 Å². The first-order chi connectivity index (χ1) is 15.7. The van der Waals surface area contributed by atoms with Crippen molar-refractivity contribution in [2.24, 2.45) is 0 Å². The normalized spacial score (nSPS) is 23.0. The molecule has 0 bridgehead atoms. The van der Waals surface area contributed by atoms with Crippen molar-refractivity contribution in [3.63, 3.8) is 0 Å². The Bertz CT molecular complexity index is 970. The van der Waals surface area contributed by atoms with Crippen LogP contribution in [0, 0.1) is 0 Å². The second-order valence-corrected chi connectivity index (χ2v) is 9.19. The van der Waals surface area contributed by atoms with E-state index in [9.17, 15) is 9.59 Å². The number of pyridine rings is 1. The summed E-state index contributed by atoms with van der Waals surface area (Å²) in [5, 5.41) is 12.0. The van der Waals surface area contributed by atoms with E-state index in [-0.39, 0.29) is 24.3 Å². The standard InChI is InChI=1S/C23H32N6O3/c30-20-4-2-1-3-10-28(20)15-21(31)29-11-7-16(14-29)19-6-5-18-22(26-27-23(18)25-19)24-17-8-12-32-13-9-17/h5-6,16-17H,1-4,7-15H2,(H2,24,25,26,27)/t16-/m0/s1. The highest BCUT2D eigenvalue weighted by molar-refractivity contribution is 5.87. The van der Waals surface area contributed by atoms with Crippen LogP contribution in [0.15, 0.2) is 12.1 Å².